The van der Waals surface area contributed by atoms with E-state index in [4.69, 9.17) is 0 Å². The summed E-state index contributed by atoms with van der Waals surface area (Å²) in [5.41, 5.74) is 0. The highest BCUT2D eigenvalue weighted by Crippen LogP contribution is 2.33. The molecule has 0 unspecified atom stereocenters. The van der Waals surface area contributed by atoms with Gasteiger partial charge in [0.2, 0.25) is 5.91 Å². The van der Waals surface area contributed by atoms with Gasteiger partial charge in [-0.25, -0.2) is 4.79 Å². The third kappa shape index (κ3) is 3.09. The van der Waals surface area contributed by atoms with Crippen LogP contribution in [0.4, 0.5) is 4.79 Å². The molecule has 3 amide bonds. The molecular formula is C17H26N6O2. The van der Waals surface area contributed by atoms with Crippen LogP contribution in [0.3, 0.4) is 0 Å². The smallest absolute Gasteiger partial charge is 0.319 e. The zero-order valence-electron chi connectivity index (χ0n) is 15.0. The fraction of sp³-hybridized carbons (Fsp3) is 0.765. The van der Waals surface area contributed by atoms with Gasteiger partial charge in [-0.05, 0) is 25.7 Å². The van der Waals surface area contributed by atoms with Crippen LogP contribution >= 0.6 is 0 Å². The molecule has 3 heterocycles. The number of carbonyl (C=O) groups excluding carboxylic acids is 2. The number of hydrogen-bond donors (Lipinski definition) is 0. The van der Waals surface area contributed by atoms with E-state index in [1.807, 2.05) is 9.80 Å². The summed E-state index contributed by atoms with van der Waals surface area (Å²) in [5, 5.41) is 8.80. The van der Waals surface area contributed by atoms with Crippen LogP contribution in [0.5, 0.6) is 0 Å². The van der Waals surface area contributed by atoms with E-state index < -0.39 is 0 Å². The van der Waals surface area contributed by atoms with E-state index in [9.17, 15) is 9.59 Å². The molecule has 0 aromatic carbocycles. The molecule has 0 bridgehead atoms. The number of likely N-dealkylation sites (tertiary alicyclic amines) is 1. The van der Waals surface area contributed by atoms with Gasteiger partial charge in [-0.2, -0.15) is 0 Å². The maximum absolute atomic E-state index is 12.3. The van der Waals surface area contributed by atoms with Crippen LogP contribution in [0.2, 0.25) is 0 Å². The van der Waals surface area contributed by atoms with Crippen molar-refractivity contribution < 1.29 is 9.59 Å². The molecule has 1 aliphatic carbocycles. The Morgan fingerprint density at radius 1 is 0.960 bits per heavy atom. The minimum absolute atomic E-state index is 0.0796. The third-order valence-electron chi connectivity index (χ3n) is 5.53. The first-order valence-electron chi connectivity index (χ1n) is 9.21. The fourth-order valence-corrected chi connectivity index (χ4v) is 3.87. The lowest BCUT2D eigenvalue weighted by atomic mass is 9.96. The first-order chi connectivity index (χ1) is 12.0. The Morgan fingerprint density at radius 3 is 2.32 bits per heavy atom. The Balaban J connectivity index is 1.40. The molecule has 0 atom stereocenters. The predicted molar refractivity (Wildman–Crippen MR) is 90.8 cm³/mol. The van der Waals surface area contributed by atoms with Crippen LogP contribution in [0.15, 0.2) is 0 Å². The second kappa shape index (κ2) is 6.31. The summed E-state index contributed by atoms with van der Waals surface area (Å²) >= 11 is 0. The summed E-state index contributed by atoms with van der Waals surface area (Å²) in [7, 11) is 3.58. The highest BCUT2D eigenvalue weighted by atomic mass is 16.2. The van der Waals surface area contributed by atoms with Gasteiger partial charge in [0, 0.05) is 52.1 Å². The zero-order chi connectivity index (χ0) is 17.6. The van der Waals surface area contributed by atoms with Crippen molar-refractivity contribution in [2.24, 2.45) is 5.92 Å². The largest absolute Gasteiger partial charge is 0.333 e. The Bertz CT molecular complexity index is 673. The molecule has 4 rings (SSSR count). The van der Waals surface area contributed by atoms with E-state index in [0.717, 1.165) is 63.5 Å². The zero-order valence-corrected chi connectivity index (χ0v) is 15.0. The Kier molecular flexibility index (Phi) is 4.13. The normalized spacial score (nSPS) is 21.2. The monoisotopic (exact) mass is 346 g/mol. The average Bonchev–Trinajstić information content (AvgIpc) is 3.39. The molecule has 0 spiro atoms. The Morgan fingerprint density at radius 2 is 1.68 bits per heavy atom. The van der Waals surface area contributed by atoms with Gasteiger partial charge in [-0.3, -0.25) is 4.79 Å². The van der Waals surface area contributed by atoms with Crippen LogP contribution in [-0.2, 0) is 17.9 Å². The molecule has 3 aliphatic rings. The number of aromatic nitrogens is 3. The predicted octanol–water partition coefficient (Wildman–Crippen LogP) is 0.891. The molecular weight excluding hydrogens is 320 g/mol. The SMILES string of the molecule is CN(C)C(=O)N1CCC(c2nnc3n2CCN(C(=O)C2CC2)C3)CC1. The number of hydrogen-bond acceptors (Lipinski definition) is 4. The number of nitrogens with zero attached hydrogens (tertiary/aromatic N) is 6. The fourth-order valence-electron chi connectivity index (χ4n) is 3.87. The second-order valence-electron chi connectivity index (χ2n) is 7.60. The molecule has 1 saturated carbocycles. The molecule has 0 radical (unpaired) electrons. The van der Waals surface area contributed by atoms with Gasteiger partial charge >= 0.3 is 6.03 Å². The van der Waals surface area contributed by atoms with Gasteiger partial charge in [0.1, 0.15) is 5.82 Å². The van der Waals surface area contributed by atoms with Gasteiger partial charge in [0.25, 0.3) is 0 Å². The van der Waals surface area contributed by atoms with Gasteiger partial charge in [-0.15, -0.1) is 10.2 Å². The van der Waals surface area contributed by atoms with Crippen LogP contribution in [0.1, 0.15) is 43.3 Å². The standard InChI is InChI=1S/C17H26N6O2/c1-20(2)17(25)21-7-5-12(6-8-21)15-19-18-14-11-22(9-10-23(14)15)16(24)13-3-4-13/h12-13H,3-11H2,1-2H3. The van der Waals surface area contributed by atoms with Crippen molar-refractivity contribution in [3.05, 3.63) is 11.6 Å². The van der Waals surface area contributed by atoms with Gasteiger partial charge < -0.3 is 19.3 Å². The molecule has 2 aliphatic heterocycles. The number of carbonyl (C=O) groups is 2. The molecule has 2 fully saturated rings. The molecule has 1 aromatic heterocycles. The van der Waals surface area contributed by atoms with E-state index >= 15 is 0 Å². The van der Waals surface area contributed by atoms with E-state index in [1.54, 1.807) is 19.0 Å². The minimum atomic E-state index is 0.0796. The highest BCUT2D eigenvalue weighted by molar-refractivity contribution is 5.81. The second-order valence-corrected chi connectivity index (χ2v) is 7.60. The summed E-state index contributed by atoms with van der Waals surface area (Å²) < 4.78 is 2.20. The van der Waals surface area contributed by atoms with Gasteiger partial charge in [0.15, 0.2) is 5.82 Å². The topological polar surface area (TPSA) is 74.6 Å². The maximum Gasteiger partial charge on any atom is 0.319 e. The van der Waals surface area contributed by atoms with Crippen LogP contribution in [0.25, 0.3) is 0 Å². The lowest BCUT2D eigenvalue weighted by Gasteiger charge is -2.34. The highest BCUT2D eigenvalue weighted by Gasteiger charge is 2.36. The van der Waals surface area contributed by atoms with Gasteiger partial charge in [-0.1, -0.05) is 0 Å². The lowest BCUT2D eigenvalue weighted by molar-refractivity contribution is -0.134. The average molecular weight is 346 g/mol. The number of rotatable bonds is 2. The summed E-state index contributed by atoms with van der Waals surface area (Å²) in [4.78, 5) is 29.8. The van der Waals surface area contributed by atoms with Crippen molar-refractivity contribution in [1.82, 2.24) is 29.5 Å². The quantitative estimate of drug-likeness (QED) is 0.797. The molecule has 1 saturated heterocycles. The van der Waals surface area contributed by atoms with Crippen LogP contribution in [0, 0.1) is 5.92 Å². The number of urea groups is 1. The van der Waals surface area contributed by atoms with Crippen LogP contribution < -0.4 is 0 Å². The van der Waals surface area contributed by atoms with Crippen molar-refractivity contribution in [3.63, 3.8) is 0 Å². The Labute approximate surface area is 147 Å². The van der Waals surface area contributed by atoms with Crippen molar-refractivity contribution in [2.75, 3.05) is 33.7 Å². The molecule has 0 N–H and O–H groups in total. The minimum Gasteiger partial charge on any atom is -0.333 e. The Hall–Kier alpha value is -2.12. The summed E-state index contributed by atoms with van der Waals surface area (Å²) in [6.45, 7) is 3.64. The maximum atomic E-state index is 12.3. The molecule has 25 heavy (non-hydrogen) atoms. The number of fused-ring (bicyclic) bond motifs is 1. The van der Waals surface area contributed by atoms with Crippen molar-refractivity contribution >= 4 is 11.9 Å². The van der Waals surface area contributed by atoms with Crippen molar-refractivity contribution in [1.29, 1.82) is 0 Å². The molecule has 136 valence electrons. The molecule has 8 nitrogen and oxygen atoms in total. The van der Waals surface area contributed by atoms with E-state index in [1.165, 1.54) is 0 Å². The summed E-state index contributed by atoms with van der Waals surface area (Å²) in [6.07, 6.45) is 3.92. The van der Waals surface area contributed by atoms with Crippen molar-refractivity contribution in [2.45, 2.75) is 44.7 Å². The first-order valence-corrected chi connectivity index (χ1v) is 9.21. The third-order valence-corrected chi connectivity index (χ3v) is 5.53. The lowest BCUT2D eigenvalue weighted by Crippen LogP contribution is -2.44. The van der Waals surface area contributed by atoms with Gasteiger partial charge in [0.05, 0.1) is 6.54 Å². The van der Waals surface area contributed by atoms with Crippen molar-refractivity contribution in [3.8, 4) is 0 Å². The van der Waals surface area contributed by atoms with Crippen LogP contribution in [-0.4, -0.2) is 75.1 Å². The number of amides is 3. The number of piperidine rings is 1. The molecule has 1 aromatic rings. The summed E-state index contributed by atoms with van der Waals surface area (Å²) in [5.74, 6) is 2.82. The van der Waals surface area contributed by atoms with E-state index in [-0.39, 0.29) is 17.9 Å². The summed E-state index contributed by atoms with van der Waals surface area (Å²) in [6, 6.07) is 0.0796. The first kappa shape index (κ1) is 16.4. The van der Waals surface area contributed by atoms with E-state index in [0.29, 0.717) is 12.5 Å². The van der Waals surface area contributed by atoms with E-state index in [2.05, 4.69) is 14.8 Å². The molecule has 8 heteroatoms.